The van der Waals surface area contributed by atoms with Crippen LogP contribution in [0.1, 0.15) is 12.5 Å². The van der Waals surface area contributed by atoms with Gasteiger partial charge in [-0.1, -0.05) is 18.2 Å². The van der Waals surface area contributed by atoms with Crippen LogP contribution >= 0.6 is 0 Å². The zero-order valence-electron chi connectivity index (χ0n) is 11.0. The quantitative estimate of drug-likeness (QED) is 0.817. The molecule has 1 aliphatic heterocycles. The Balaban J connectivity index is 2.07. The van der Waals surface area contributed by atoms with Crippen LogP contribution in [0.15, 0.2) is 42.0 Å². The summed E-state index contributed by atoms with van der Waals surface area (Å²) in [6.07, 6.45) is 4.73. The van der Waals surface area contributed by atoms with Crippen LogP contribution in [-0.4, -0.2) is 29.6 Å². The lowest BCUT2D eigenvalue weighted by Crippen LogP contribution is -2.27. The average Bonchev–Trinajstić information content (AvgIpc) is 2.42. The van der Waals surface area contributed by atoms with Crippen molar-refractivity contribution < 1.29 is 19.4 Å². The SMILES string of the molecule is C[C@H]1Oc2ccccc2C=C1/C=C/C(=O)NCC(=O)O. The number of hydrogen-bond acceptors (Lipinski definition) is 3. The minimum atomic E-state index is -1.07. The first-order chi connectivity index (χ1) is 9.56. The molecule has 1 heterocycles. The number of carbonyl (C=O) groups excluding carboxylic acids is 1. The van der Waals surface area contributed by atoms with E-state index in [-0.39, 0.29) is 6.10 Å². The number of ether oxygens (including phenoxy) is 1. The van der Waals surface area contributed by atoms with Gasteiger partial charge in [-0.3, -0.25) is 9.59 Å². The molecular weight excluding hydrogens is 258 g/mol. The van der Waals surface area contributed by atoms with E-state index in [4.69, 9.17) is 9.84 Å². The molecule has 1 amide bonds. The Hall–Kier alpha value is -2.56. The first kappa shape index (κ1) is 13.9. The van der Waals surface area contributed by atoms with Crippen molar-refractivity contribution in [3.63, 3.8) is 0 Å². The van der Waals surface area contributed by atoms with E-state index in [9.17, 15) is 9.59 Å². The number of fused-ring (bicyclic) bond motifs is 1. The van der Waals surface area contributed by atoms with Crippen LogP contribution in [0.25, 0.3) is 6.08 Å². The van der Waals surface area contributed by atoms with Gasteiger partial charge in [0.15, 0.2) is 0 Å². The normalized spacial score (nSPS) is 17.1. The van der Waals surface area contributed by atoms with Crippen LogP contribution in [0.2, 0.25) is 0 Å². The molecule has 0 radical (unpaired) electrons. The van der Waals surface area contributed by atoms with Gasteiger partial charge in [-0.2, -0.15) is 0 Å². The molecule has 1 aliphatic rings. The first-order valence-electron chi connectivity index (χ1n) is 6.21. The number of para-hydroxylation sites is 1. The van der Waals surface area contributed by atoms with Gasteiger partial charge in [-0.15, -0.1) is 0 Å². The van der Waals surface area contributed by atoms with Gasteiger partial charge in [0.2, 0.25) is 5.91 Å². The summed E-state index contributed by atoms with van der Waals surface area (Å²) in [4.78, 5) is 21.7. The second-order valence-corrected chi connectivity index (χ2v) is 4.39. The van der Waals surface area contributed by atoms with Crippen molar-refractivity contribution in [2.45, 2.75) is 13.0 Å². The number of carbonyl (C=O) groups is 2. The molecule has 2 N–H and O–H groups in total. The molecule has 0 aromatic heterocycles. The molecule has 104 valence electrons. The minimum Gasteiger partial charge on any atom is -0.485 e. The third-order valence-electron chi connectivity index (χ3n) is 2.86. The first-order valence-corrected chi connectivity index (χ1v) is 6.21. The molecule has 2 rings (SSSR count). The summed E-state index contributed by atoms with van der Waals surface area (Å²) in [7, 11) is 0. The zero-order valence-corrected chi connectivity index (χ0v) is 11.0. The van der Waals surface area contributed by atoms with Crippen LogP contribution in [-0.2, 0) is 9.59 Å². The van der Waals surface area contributed by atoms with Gasteiger partial charge >= 0.3 is 5.97 Å². The van der Waals surface area contributed by atoms with Crippen LogP contribution in [0, 0.1) is 0 Å². The number of rotatable bonds is 4. The van der Waals surface area contributed by atoms with Gasteiger partial charge in [0.05, 0.1) is 0 Å². The summed E-state index contributed by atoms with van der Waals surface area (Å²) in [6.45, 7) is 1.50. The van der Waals surface area contributed by atoms with Crippen LogP contribution in [0.3, 0.4) is 0 Å². The molecule has 0 fully saturated rings. The number of nitrogens with one attached hydrogen (secondary N) is 1. The van der Waals surface area contributed by atoms with Crippen LogP contribution in [0.4, 0.5) is 0 Å². The molecule has 1 aromatic rings. The maximum absolute atomic E-state index is 11.4. The number of aliphatic carboxylic acids is 1. The number of amides is 1. The summed E-state index contributed by atoms with van der Waals surface area (Å²) in [6, 6.07) is 7.64. The minimum absolute atomic E-state index is 0.159. The van der Waals surface area contributed by atoms with E-state index in [1.54, 1.807) is 6.08 Å². The van der Waals surface area contributed by atoms with Crippen molar-refractivity contribution in [3.8, 4) is 5.75 Å². The predicted molar refractivity (Wildman–Crippen MR) is 74.3 cm³/mol. The summed E-state index contributed by atoms with van der Waals surface area (Å²) in [5.74, 6) is -0.707. The van der Waals surface area contributed by atoms with Gasteiger partial charge in [0.25, 0.3) is 0 Å². The van der Waals surface area contributed by atoms with E-state index in [0.29, 0.717) is 0 Å². The monoisotopic (exact) mass is 273 g/mol. The van der Waals surface area contributed by atoms with E-state index < -0.39 is 18.4 Å². The Bertz CT molecular complexity index is 589. The lowest BCUT2D eigenvalue weighted by atomic mass is 10.0. The molecule has 1 atom stereocenters. The van der Waals surface area contributed by atoms with E-state index in [1.807, 2.05) is 37.3 Å². The second-order valence-electron chi connectivity index (χ2n) is 4.39. The molecule has 0 spiro atoms. The largest absolute Gasteiger partial charge is 0.485 e. The van der Waals surface area contributed by atoms with Gasteiger partial charge in [-0.25, -0.2) is 0 Å². The molecule has 1 aromatic carbocycles. The zero-order chi connectivity index (χ0) is 14.5. The molecule has 0 unspecified atom stereocenters. The molecule has 5 nitrogen and oxygen atoms in total. The smallest absolute Gasteiger partial charge is 0.322 e. The third-order valence-corrected chi connectivity index (χ3v) is 2.86. The van der Waals surface area contributed by atoms with Gasteiger partial charge in [0, 0.05) is 11.6 Å². The number of carboxylic acid groups (broad SMARTS) is 1. The van der Waals surface area contributed by atoms with Crippen molar-refractivity contribution >= 4 is 18.0 Å². The van der Waals surface area contributed by atoms with E-state index in [0.717, 1.165) is 16.9 Å². The number of benzene rings is 1. The molecular formula is C15H15NO4. The Morgan fingerprint density at radius 2 is 2.15 bits per heavy atom. The molecule has 0 aliphatic carbocycles. The van der Waals surface area contributed by atoms with Crippen molar-refractivity contribution in [2.24, 2.45) is 0 Å². The van der Waals surface area contributed by atoms with Crippen LogP contribution < -0.4 is 10.1 Å². The fourth-order valence-electron chi connectivity index (χ4n) is 1.84. The lowest BCUT2D eigenvalue weighted by Gasteiger charge is -2.22. The molecule has 5 heteroatoms. The summed E-state index contributed by atoms with van der Waals surface area (Å²) in [5.41, 5.74) is 1.81. The Morgan fingerprint density at radius 1 is 1.40 bits per heavy atom. The fraction of sp³-hybridized carbons (Fsp3) is 0.200. The Kier molecular flexibility index (Phi) is 4.20. The van der Waals surface area contributed by atoms with Crippen molar-refractivity contribution in [1.82, 2.24) is 5.32 Å². The fourth-order valence-corrected chi connectivity index (χ4v) is 1.84. The molecule has 0 saturated heterocycles. The number of carboxylic acids is 1. The average molecular weight is 273 g/mol. The van der Waals surface area contributed by atoms with Gasteiger partial charge in [-0.05, 0) is 30.7 Å². The topological polar surface area (TPSA) is 75.6 Å². The summed E-state index contributed by atoms with van der Waals surface area (Å²) in [5, 5.41) is 10.7. The highest BCUT2D eigenvalue weighted by atomic mass is 16.5. The number of hydrogen-bond donors (Lipinski definition) is 2. The highest BCUT2D eigenvalue weighted by Crippen LogP contribution is 2.29. The standard InChI is InChI=1S/C15H15NO4/c1-10-11(6-7-14(17)16-9-15(18)19)8-12-4-2-3-5-13(12)20-10/h2-8,10H,9H2,1H3,(H,16,17)(H,18,19)/b7-6+/t10-/m1/s1. The van der Waals surface area contributed by atoms with Crippen molar-refractivity contribution in [2.75, 3.05) is 6.54 Å². The Morgan fingerprint density at radius 3 is 2.90 bits per heavy atom. The molecule has 0 saturated carbocycles. The molecule has 0 bridgehead atoms. The second kappa shape index (κ2) is 6.06. The van der Waals surface area contributed by atoms with Crippen molar-refractivity contribution in [1.29, 1.82) is 0 Å². The van der Waals surface area contributed by atoms with E-state index in [2.05, 4.69) is 5.32 Å². The van der Waals surface area contributed by atoms with Gasteiger partial charge < -0.3 is 15.2 Å². The molecule has 20 heavy (non-hydrogen) atoms. The van der Waals surface area contributed by atoms with Crippen LogP contribution in [0.5, 0.6) is 5.75 Å². The van der Waals surface area contributed by atoms with E-state index >= 15 is 0 Å². The Labute approximate surface area is 116 Å². The lowest BCUT2D eigenvalue weighted by molar-refractivity contribution is -0.137. The summed E-state index contributed by atoms with van der Waals surface area (Å²) < 4.78 is 5.73. The van der Waals surface area contributed by atoms with Gasteiger partial charge in [0.1, 0.15) is 18.4 Å². The highest BCUT2D eigenvalue weighted by molar-refractivity contribution is 5.90. The maximum Gasteiger partial charge on any atom is 0.322 e. The van der Waals surface area contributed by atoms with Crippen molar-refractivity contribution in [3.05, 3.63) is 47.6 Å². The highest BCUT2D eigenvalue weighted by Gasteiger charge is 2.16. The third kappa shape index (κ3) is 3.47. The maximum atomic E-state index is 11.4. The summed E-state index contributed by atoms with van der Waals surface area (Å²) >= 11 is 0. The predicted octanol–water partition coefficient (Wildman–Crippen LogP) is 1.61. The van der Waals surface area contributed by atoms with E-state index in [1.165, 1.54) is 6.08 Å².